The van der Waals surface area contributed by atoms with Gasteiger partial charge in [0.25, 0.3) is 0 Å². The second kappa shape index (κ2) is 4.49. The predicted octanol–water partition coefficient (Wildman–Crippen LogP) is 1.74. The predicted molar refractivity (Wildman–Crippen MR) is 60.8 cm³/mol. The summed E-state index contributed by atoms with van der Waals surface area (Å²) in [6.07, 6.45) is 4.24. The molecule has 16 heavy (non-hydrogen) atoms. The van der Waals surface area contributed by atoms with Crippen LogP contribution in [0.3, 0.4) is 0 Å². The van der Waals surface area contributed by atoms with Gasteiger partial charge in [0.1, 0.15) is 11.9 Å². The van der Waals surface area contributed by atoms with Gasteiger partial charge in [0.05, 0.1) is 6.61 Å². The smallest absolute Gasteiger partial charge is 0.159 e. The summed E-state index contributed by atoms with van der Waals surface area (Å²) in [4.78, 5) is 11.2. The van der Waals surface area contributed by atoms with Gasteiger partial charge in [-0.15, -0.1) is 0 Å². The van der Waals surface area contributed by atoms with E-state index in [-0.39, 0.29) is 18.5 Å². The molecule has 3 nitrogen and oxygen atoms in total. The first-order valence-electron chi connectivity index (χ1n) is 5.28. The molecule has 1 aromatic carbocycles. The van der Waals surface area contributed by atoms with Crippen LogP contribution in [0.5, 0.6) is 5.75 Å². The number of fused-ring (bicyclic) bond motifs is 1. The molecule has 1 aliphatic rings. The molecule has 0 unspecified atom stereocenters. The van der Waals surface area contributed by atoms with Gasteiger partial charge < -0.3 is 9.84 Å². The summed E-state index contributed by atoms with van der Waals surface area (Å²) in [6, 6.07) is 5.49. The molecular formula is C13H14O3. The van der Waals surface area contributed by atoms with Crippen LogP contribution in [0.1, 0.15) is 22.8 Å². The van der Waals surface area contributed by atoms with Crippen molar-refractivity contribution in [3.8, 4) is 5.75 Å². The maximum atomic E-state index is 11.2. The monoisotopic (exact) mass is 218 g/mol. The lowest BCUT2D eigenvalue weighted by Gasteiger charge is -2.03. The highest BCUT2D eigenvalue weighted by Crippen LogP contribution is 2.30. The quantitative estimate of drug-likeness (QED) is 0.621. The van der Waals surface area contributed by atoms with Crippen molar-refractivity contribution in [3.05, 3.63) is 41.5 Å². The van der Waals surface area contributed by atoms with E-state index in [1.165, 1.54) is 0 Å². The molecule has 0 aromatic heterocycles. The van der Waals surface area contributed by atoms with Crippen LogP contribution in [0.25, 0.3) is 0 Å². The number of hydrogen-bond acceptors (Lipinski definition) is 3. The van der Waals surface area contributed by atoms with Gasteiger partial charge >= 0.3 is 0 Å². The molecule has 0 aliphatic carbocycles. The molecule has 0 fully saturated rings. The van der Waals surface area contributed by atoms with Gasteiger partial charge in [0.15, 0.2) is 5.78 Å². The summed E-state index contributed by atoms with van der Waals surface area (Å²) in [7, 11) is 0. The third kappa shape index (κ3) is 2.14. The van der Waals surface area contributed by atoms with Crippen molar-refractivity contribution in [1.29, 1.82) is 0 Å². The van der Waals surface area contributed by atoms with Crippen LogP contribution >= 0.6 is 0 Å². The number of carbonyl (C=O) groups excluding carboxylic acids is 1. The molecule has 1 aliphatic heterocycles. The summed E-state index contributed by atoms with van der Waals surface area (Å²) in [5, 5.41) is 8.67. The van der Waals surface area contributed by atoms with Crippen molar-refractivity contribution in [2.45, 2.75) is 19.4 Å². The van der Waals surface area contributed by atoms with Crippen molar-refractivity contribution >= 4 is 5.78 Å². The summed E-state index contributed by atoms with van der Waals surface area (Å²) >= 11 is 0. The van der Waals surface area contributed by atoms with Crippen molar-refractivity contribution in [3.63, 3.8) is 0 Å². The van der Waals surface area contributed by atoms with Crippen LogP contribution in [-0.2, 0) is 6.42 Å². The van der Waals surface area contributed by atoms with E-state index in [2.05, 4.69) is 0 Å². The van der Waals surface area contributed by atoms with Gasteiger partial charge in [-0.3, -0.25) is 4.79 Å². The topological polar surface area (TPSA) is 46.5 Å². The number of rotatable bonds is 3. The Bertz CT molecular complexity index is 435. The number of ether oxygens (including phenoxy) is 1. The lowest BCUT2D eigenvalue weighted by atomic mass is 10.0. The highest BCUT2D eigenvalue weighted by atomic mass is 16.5. The Labute approximate surface area is 94.4 Å². The van der Waals surface area contributed by atoms with Crippen LogP contribution in [0.15, 0.2) is 30.4 Å². The third-order valence-electron chi connectivity index (χ3n) is 2.62. The molecule has 1 aromatic rings. The molecular weight excluding hydrogens is 204 g/mol. The zero-order valence-corrected chi connectivity index (χ0v) is 9.14. The van der Waals surface area contributed by atoms with Gasteiger partial charge in [-0.25, -0.2) is 0 Å². The van der Waals surface area contributed by atoms with E-state index >= 15 is 0 Å². The highest BCUT2D eigenvalue weighted by Gasteiger charge is 2.21. The molecule has 0 saturated carbocycles. The second-order valence-electron chi connectivity index (χ2n) is 3.85. The second-order valence-corrected chi connectivity index (χ2v) is 3.85. The number of aliphatic hydroxyl groups excluding tert-OH is 1. The number of hydrogen-bond donors (Lipinski definition) is 1. The minimum Gasteiger partial charge on any atom is -0.486 e. The molecule has 2 rings (SSSR count). The van der Waals surface area contributed by atoms with Gasteiger partial charge in [-0.05, 0) is 36.8 Å². The summed E-state index contributed by atoms with van der Waals surface area (Å²) in [5.74, 6) is 0.898. The lowest BCUT2D eigenvalue weighted by molar-refractivity contribution is 0.101. The maximum Gasteiger partial charge on any atom is 0.159 e. The summed E-state index contributed by atoms with van der Waals surface area (Å²) in [6.45, 7) is 1.58. The van der Waals surface area contributed by atoms with Crippen LogP contribution in [0.2, 0.25) is 0 Å². The van der Waals surface area contributed by atoms with Crippen LogP contribution in [0.4, 0.5) is 0 Å². The van der Waals surface area contributed by atoms with Gasteiger partial charge in [-0.2, -0.15) is 0 Å². The Kier molecular flexibility index (Phi) is 3.06. The Hall–Kier alpha value is -1.61. The lowest BCUT2D eigenvalue weighted by Crippen LogP contribution is -2.08. The fourth-order valence-corrected chi connectivity index (χ4v) is 1.81. The first kappa shape index (κ1) is 10.9. The van der Waals surface area contributed by atoms with E-state index in [1.807, 2.05) is 18.2 Å². The number of benzene rings is 1. The molecule has 0 amide bonds. The van der Waals surface area contributed by atoms with Crippen LogP contribution in [0, 0.1) is 0 Å². The number of carbonyl (C=O) groups is 1. The molecule has 3 heteroatoms. The standard InChI is InChI=1S/C13H14O3/c1-9(15)10-4-5-13-11(7-10)8-12(16-13)3-2-6-14/h2-5,7,12,14H,6,8H2,1H3/b3-2+/t12-/m1/s1. The summed E-state index contributed by atoms with van der Waals surface area (Å²) < 4.78 is 5.63. The molecule has 1 heterocycles. The third-order valence-corrected chi connectivity index (χ3v) is 2.62. The maximum absolute atomic E-state index is 11.2. The van der Waals surface area contributed by atoms with Gasteiger partial charge in [0, 0.05) is 12.0 Å². The minimum atomic E-state index is -0.0237. The van der Waals surface area contributed by atoms with E-state index in [4.69, 9.17) is 9.84 Å². The SMILES string of the molecule is CC(=O)c1ccc2c(c1)C[C@@H](/C=C/CO)O2. The average Bonchev–Trinajstić information content (AvgIpc) is 2.67. The zero-order chi connectivity index (χ0) is 11.5. The molecule has 1 N–H and O–H groups in total. The molecule has 84 valence electrons. The average molecular weight is 218 g/mol. The fourth-order valence-electron chi connectivity index (χ4n) is 1.81. The van der Waals surface area contributed by atoms with Crippen molar-refractivity contribution in [2.75, 3.05) is 6.61 Å². The van der Waals surface area contributed by atoms with Crippen LogP contribution < -0.4 is 4.74 Å². The van der Waals surface area contributed by atoms with Gasteiger partial charge in [0.2, 0.25) is 0 Å². The Morgan fingerprint density at radius 1 is 1.62 bits per heavy atom. The number of aliphatic hydroxyl groups is 1. The Balaban J connectivity index is 2.18. The zero-order valence-electron chi connectivity index (χ0n) is 9.14. The minimum absolute atomic E-state index is 0.0227. The largest absolute Gasteiger partial charge is 0.486 e. The number of Topliss-reactive ketones (excluding diaryl/α,β-unsaturated/α-hetero) is 1. The normalized spacial score (nSPS) is 18.5. The van der Waals surface area contributed by atoms with E-state index in [0.29, 0.717) is 5.56 Å². The number of ketones is 1. The Morgan fingerprint density at radius 3 is 3.12 bits per heavy atom. The molecule has 0 spiro atoms. The highest BCUT2D eigenvalue weighted by molar-refractivity contribution is 5.94. The molecule has 1 atom stereocenters. The Morgan fingerprint density at radius 2 is 2.44 bits per heavy atom. The van der Waals surface area contributed by atoms with E-state index in [0.717, 1.165) is 17.7 Å². The van der Waals surface area contributed by atoms with E-state index in [1.54, 1.807) is 19.1 Å². The molecule has 0 radical (unpaired) electrons. The van der Waals surface area contributed by atoms with Crippen molar-refractivity contribution in [2.24, 2.45) is 0 Å². The van der Waals surface area contributed by atoms with E-state index < -0.39 is 0 Å². The molecule has 0 bridgehead atoms. The van der Waals surface area contributed by atoms with Crippen molar-refractivity contribution < 1.29 is 14.6 Å². The first-order chi connectivity index (χ1) is 7.70. The van der Waals surface area contributed by atoms with E-state index in [9.17, 15) is 4.79 Å². The molecule has 0 saturated heterocycles. The summed E-state index contributed by atoms with van der Waals surface area (Å²) in [5.41, 5.74) is 1.77. The first-order valence-corrected chi connectivity index (χ1v) is 5.28. The van der Waals surface area contributed by atoms with Gasteiger partial charge in [-0.1, -0.05) is 6.08 Å². The van der Waals surface area contributed by atoms with Crippen LogP contribution in [-0.4, -0.2) is 23.6 Å². The fraction of sp³-hybridized carbons (Fsp3) is 0.308. The van der Waals surface area contributed by atoms with Crippen molar-refractivity contribution in [1.82, 2.24) is 0 Å².